The molecule has 2 aromatic rings. The largest absolute Gasteiger partial charge is 0.484 e. The molecule has 0 aliphatic carbocycles. The minimum atomic E-state index is -0.965. The summed E-state index contributed by atoms with van der Waals surface area (Å²) in [6.07, 6.45) is 1.55. The van der Waals surface area contributed by atoms with Gasteiger partial charge in [-0.05, 0) is 25.1 Å². The number of hydrogen-bond acceptors (Lipinski definition) is 4. The van der Waals surface area contributed by atoms with Gasteiger partial charge in [0.15, 0.2) is 4.88 Å². The van der Waals surface area contributed by atoms with Crippen LogP contribution in [0.5, 0.6) is 5.75 Å². The Bertz CT molecular complexity index is 484. The maximum absolute atomic E-state index is 10.9. The summed E-state index contributed by atoms with van der Waals surface area (Å²) in [6.45, 7) is 2.08. The van der Waals surface area contributed by atoms with Crippen molar-refractivity contribution in [3.63, 3.8) is 0 Å². The molecule has 2 aromatic heterocycles. The summed E-state index contributed by atoms with van der Waals surface area (Å²) in [6, 6.07) is 5.26. The fraction of sp³-hybridized carbons (Fsp3) is 0.182. The molecule has 0 amide bonds. The van der Waals surface area contributed by atoms with E-state index in [1.54, 1.807) is 24.5 Å². The van der Waals surface area contributed by atoms with E-state index in [1.807, 2.05) is 6.92 Å². The van der Waals surface area contributed by atoms with Gasteiger partial charge in [0, 0.05) is 4.88 Å². The summed E-state index contributed by atoms with van der Waals surface area (Å²) < 4.78 is 10.5. The van der Waals surface area contributed by atoms with E-state index in [4.69, 9.17) is 14.3 Å². The van der Waals surface area contributed by atoms with Gasteiger partial charge < -0.3 is 14.3 Å². The van der Waals surface area contributed by atoms with Gasteiger partial charge in [0.1, 0.15) is 18.1 Å². The van der Waals surface area contributed by atoms with E-state index in [0.717, 1.165) is 4.88 Å². The lowest BCUT2D eigenvalue weighted by Gasteiger charge is -2.02. The third kappa shape index (κ3) is 2.25. The second kappa shape index (κ2) is 4.40. The number of thiophene rings is 1. The number of aryl methyl sites for hydroxylation is 1. The predicted octanol–water partition coefficient (Wildman–Crippen LogP) is 2.93. The van der Waals surface area contributed by atoms with Gasteiger partial charge in [-0.15, -0.1) is 11.3 Å². The van der Waals surface area contributed by atoms with Crippen LogP contribution in [0.25, 0.3) is 0 Å². The van der Waals surface area contributed by atoms with Crippen LogP contribution in [0.4, 0.5) is 0 Å². The second-order valence-electron chi connectivity index (χ2n) is 3.22. The van der Waals surface area contributed by atoms with Crippen LogP contribution in [0.2, 0.25) is 0 Å². The Labute approximate surface area is 96.1 Å². The Hall–Kier alpha value is -1.75. The van der Waals surface area contributed by atoms with Crippen LogP contribution in [-0.4, -0.2) is 11.1 Å². The van der Waals surface area contributed by atoms with Crippen LogP contribution in [0.3, 0.4) is 0 Å². The summed E-state index contributed by atoms with van der Waals surface area (Å²) in [5.74, 6) is 0.0964. The molecule has 4 nitrogen and oxygen atoms in total. The lowest BCUT2D eigenvalue weighted by molar-refractivity contribution is 0.0697. The summed E-state index contributed by atoms with van der Waals surface area (Å²) in [7, 11) is 0. The first-order valence-corrected chi connectivity index (χ1v) is 5.47. The monoisotopic (exact) mass is 238 g/mol. The van der Waals surface area contributed by atoms with Gasteiger partial charge in [-0.2, -0.15) is 0 Å². The number of carboxylic acid groups (broad SMARTS) is 1. The van der Waals surface area contributed by atoms with Gasteiger partial charge in [-0.1, -0.05) is 0 Å². The molecule has 0 saturated carbocycles. The maximum atomic E-state index is 10.9. The van der Waals surface area contributed by atoms with E-state index in [2.05, 4.69) is 0 Å². The topological polar surface area (TPSA) is 59.7 Å². The zero-order valence-electron chi connectivity index (χ0n) is 8.60. The fourth-order valence-corrected chi connectivity index (χ4v) is 2.08. The van der Waals surface area contributed by atoms with Crippen LogP contribution < -0.4 is 4.74 Å². The summed E-state index contributed by atoms with van der Waals surface area (Å²) in [4.78, 5) is 12.0. The Morgan fingerprint density at radius 2 is 2.44 bits per heavy atom. The number of rotatable bonds is 4. The minimum absolute atomic E-state index is 0.226. The Kier molecular flexibility index (Phi) is 2.96. The number of hydrogen-bond donors (Lipinski definition) is 1. The SMILES string of the molecule is Cc1cc(OCc2ccco2)c(C(=O)O)s1. The van der Waals surface area contributed by atoms with Gasteiger partial charge >= 0.3 is 5.97 Å². The molecule has 0 saturated heterocycles. The molecule has 16 heavy (non-hydrogen) atoms. The zero-order chi connectivity index (χ0) is 11.5. The van der Waals surface area contributed by atoms with Gasteiger partial charge in [-0.25, -0.2) is 4.79 Å². The lowest BCUT2D eigenvalue weighted by atomic mass is 10.4. The molecule has 84 valence electrons. The van der Waals surface area contributed by atoms with Crippen LogP contribution in [0.15, 0.2) is 28.9 Å². The molecule has 0 bridgehead atoms. The maximum Gasteiger partial charge on any atom is 0.349 e. The first-order chi connectivity index (χ1) is 7.66. The predicted molar refractivity (Wildman–Crippen MR) is 59.1 cm³/mol. The van der Waals surface area contributed by atoms with E-state index in [1.165, 1.54) is 11.3 Å². The van der Waals surface area contributed by atoms with Crippen LogP contribution in [0, 0.1) is 6.92 Å². The van der Waals surface area contributed by atoms with Crippen molar-refractivity contribution in [2.24, 2.45) is 0 Å². The van der Waals surface area contributed by atoms with Crippen molar-refractivity contribution in [3.05, 3.63) is 40.0 Å². The highest BCUT2D eigenvalue weighted by atomic mass is 32.1. The molecule has 0 aliphatic rings. The van der Waals surface area contributed by atoms with Crippen molar-refractivity contribution in [2.45, 2.75) is 13.5 Å². The van der Waals surface area contributed by atoms with Gasteiger partial charge in [-0.3, -0.25) is 0 Å². The van der Waals surface area contributed by atoms with Gasteiger partial charge in [0.05, 0.1) is 6.26 Å². The highest BCUT2D eigenvalue weighted by Crippen LogP contribution is 2.29. The molecule has 0 aliphatic heterocycles. The highest BCUT2D eigenvalue weighted by molar-refractivity contribution is 7.14. The zero-order valence-corrected chi connectivity index (χ0v) is 9.41. The Balaban J connectivity index is 2.12. The van der Waals surface area contributed by atoms with E-state index in [9.17, 15) is 4.79 Å². The first-order valence-electron chi connectivity index (χ1n) is 4.65. The molecule has 2 rings (SSSR count). The smallest absolute Gasteiger partial charge is 0.349 e. The first kappa shape index (κ1) is 10.8. The average molecular weight is 238 g/mol. The van der Waals surface area contributed by atoms with E-state index >= 15 is 0 Å². The summed E-state index contributed by atoms with van der Waals surface area (Å²) in [5.41, 5.74) is 0. The second-order valence-corrected chi connectivity index (χ2v) is 4.48. The molecular formula is C11H10O4S. The van der Waals surface area contributed by atoms with Crippen molar-refractivity contribution >= 4 is 17.3 Å². The third-order valence-electron chi connectivity index (χ3n) is 1.97. The van der Waals surface area contributed by atoms with Crippen molar-refractivity contribution in [1.29, 1.82) is 0 Å². The molecule has 5 heteroatoms. The molecule has 0 atom stereocenters. The van der Waals surface area contributed by atoms with Gasteiger partial charge in [0.2, 0.25) is 0 Å². The van der Waals surface area contributed by atoms with E-state index < -0.39 is 5.97 Å². The fourth-order valence-electron chi connectivity index (χ4n) is 1.29. The van der Waals surface area contributed by atoms with E-state index in [0.29, 0.717) is 11.5 Å². The normalized spacial score (nSPS) is 10.3. The van der Waals surface area contributed by atoms with Crippen LogP contribution in [0.1, 0.15) is 20.3 Å². The standard InChI is InChI=1S/C11H10O4S/c1-7-5-9(10(16-7)11(12)13)15-6-8-3-2-4-14-8/h2-5H,6H2,1H3,(H,12,13). The van der Waals surface area contributed by atoms with Gasteiger partial charge in [0.25, 0.3) is 0 Å². The summed E-state index contributed by atoms with van der Waals surface area (Å²) >= 11 is 1.20. The van der Waals surface area contributed by atoms with Crippen LogP contribution >= 0.6 is 11.3 Å². The average Bonchev–Trinajstić information content (AvgIpc) is 2.83. The molecule has 1 N–H and O–H groups in total. The number of ether oxygens (including phenoxy) is 1. The Morgan fingerprint density at radius 1 is 1.62 bits per heavy atom. The molecule has 0 unspecified atom stereocenters. The van der Waals surface area contributed by atoms with Crippen molar-refractivity contribution < 1.29 is 19.1 Å². The number of aromatic carboxylic acids is 1. The molecule has 0 spiro atoms. The highest BCUT2D eigenvalue weighted by Gasteiger charge is 2.15. The van der Waals surface area contributed by atoms with Crippen molar-refractivity contribution in [2.75, 3.05) is 0 Å². The molecule has 0 aromatic carbocycles. The van der Waals surface area contributed by atoms with Crippen LogP contribution in [-0.2, 0) is 6.61 Å². The van der Waals surface area contributed by atoms with Crippen molar-refractivity contribution in [3.8, 4) is 5.75 Å². The molecule has 0 radical (unpaired) electrons. The molecule has 0 fully saturated rings. The quantitative estimate of drug-likeness (QED) is 0.889. The minimum Gasteiger partial charge on any atom is -0.484 e. The van der Waals surface area contributed by atoms with Crippen molar-refractivity contribution in [1.82, 2.24) is 0 Å². The lowest BCUT2D eigenvalue weighted by Crippen LogP contribution is -1.99. The summed E-state index contributed by atoms with van der Waals surface area (Å²) in [5, 5.41) is 8.94. The molecule has 2 heterocycles. The number of carbonyl (C=O) groups is 1. The Morgan fingerprint density at radius 3 is 3.06 bits per heavy atom. The number of carboxylic acids is 1. The number of furan rings is 1. The third-order valence-corrected chi connectivity index (χ3v) is 2.99. The van der Waals surface area contributed by atoms with E-state index in [-0.39, 0.29) is 11.5 Å². The molecular weight excluding hydrogens is 228 g/mol.